The first-order chi connectivity index (χ1) is 11.9. The maximum absolute atomic E-state index is 11.9. The van der Waals surface area contributed by atoms with E-state index in [1.54, 1.807) is 62.8 Å². The second-order valence-electron chi connectivity index (χ2n) is 5.39. The number of nitrogens with zero attached hydrogens (tertiary/aromatic N) is 1. The molecule has 6 nitrogen and oxygen atoms in total. The van der Waals surface area contributed by atoms with E-state index in [0.717, 1.165) is 11.8 Å². The van der Waals surface area contributed by atoms with Crippen LogP contribution in [-0.2, 0) is 9.84 Å². The van der Waals surface area contributed by atoms with Gasteiger partial charge in [-0.2, -0.15) is 4.98 Å². The van der Waals surface area contributed by atoms with Crippen molar-refractivity contribution in [1.82, 2.24) is 4.98 Å². The molecule has 1 aromatic heterocycles. The molecule has 0 unspecified atom stereocenters. The summed E-state index contributed by atoms with van der Waals surface area (Å²) in [5, 5.41) is -0.316. The monoisotopic (exact) mass is 359 g/mol. The molecule has 7 heteroatoms. The molecule has 3 rings (SSSR count). The smallest absolute Gasteiger partial charge is 0.315 e. The number of hydrogen-bond donors (Lipinski definition) is 0. The van der Waals surface area contributed by atoms with Crippen molar-refractivity contribution >= 4 is 9.84 Å². The van der Waals surface area contributed by atoms with Crippen molar-refractivity contribution < 1.29 is 22.3 Å². The Morgan fingerprint density at radius 1 is 0.840 bits per heavy atom. The van der Waals surface area contributed by atoms with Gasteiger partial charge < -0.3 is 13.9 Å². The highest BCUT2D eigenvalue weighted by atomic mass is 32.2. The average Bonchev–Trinajstić information content (AvgIpc) is 3.07. The lowest BCUT2D eigenvalue weighted by atomic mass is 10.1. The average molecular weight is 359 g/mol. The van der Waals surface area contributed by atoms with Crippen LogP contribution < -0.4 is 9.47 Å². The SMILES string of the molecule is COc1ccc(-c2nc(S(C)(=O)=O)oc2-c2ccc(OC)cc2)cc1. The van der Waals surface area contributed by atoms with Crippen LogP contribution in [0.5, 0.6) is 11.5 Å². The second-order valence-corrected chi connectivity index (χ2v) is 7.28. The molecule has 0 spiro atoms. The zero-order chi connectivity index (χ0) is 18.0. The minimum atomic E-state index is -3.57. The van der Waals surface area contributed by atoms with Crippen molar-refractivity contribution in [3.63, 3.8) is 0 Å². The molecule has 0 N–H and O–H groups in total. The maximum atomic E-state index is 11.9. The van der Waals surface area contributed by atoms with Crippen LogP contribution in [0.15, 0.2) is 58.2 Å². The third kappa shape index (κ3) is 3.51. The van der Waals surface area contributed by atoms with Gasteiger partial charge in [-0.1, -0.05) is 0 Å². The summed E-state index contributed by atoms with van der Waals surface area (Å²) in [6.07, 6.45) is 1.06. The number of methoxy groups -OCH3 is 2. The molecular weight excluding hydrogens is 342 g/mol. The number of aromatic nitrogens is 1. The van der Waals surface area contributed by atoms with E-state index in [1.165, 1.54) is 0 Å². The van der Waals surface area contributed by atoms with Crippen LogP contribution in [0.25, 0.3) is 22.6 Å². The largest absolute Gasteiger partial charge is 0.497 e. The van der Waals surface area contributed by atoms with Crippen molar-refractivity contribution in [2.24, 2.45) is 0 Å². The minimum Gasteiger partial charge on any atom is -0.497 e. The molecule has 0 saturated heterocycles. The van der Waals surface area contributed by atoms with Gasteiger partial charge in [-0.15, -0.1) is 0 Å². The topological polar surface area (TPSA) is 78.6 Å². The fraction of sp³-hybridized carbons (Fsp3) is 0.167. The second kappa shape index (κ2) is 6.60. The zero-order valence-corrected chi connectivity index (χ0v) is 14.8. The van der Waals surface area contributed by atoms with E-state index >= 15 is 0 Å². The Balaban J connectivity index is 2.16. The van der Waals surface area contributed by atoms with Crippen molar-refractivity contribution in [2.75, 3.05) is 20.5 Å². The van der Waals surface area contributed by atoms with E-state index in [2.05, 4.69) is 4.98 Å². The number of benzene rings is 2. The van der Waals surface area contributed by atoms with Crippen LogP contribution >= 0.6 is 0 Å². The lowest BCUT2D eigenvalue weighted by Crippen LogP contribution is -1.96. The predicted molar refractivity (Wildman–Crippen MR) is 93.6 cm³/mol. The van der Waals surface area contributed by atoms with Gasteiger partial charge >= 0.3 is 5.22 Å². The fourth-order valence-electron chi connectivity index (χ4n) is 2.34. The lowest BCUT2D eigenvalue weighted by molar-refractivity contribution is 0.414. The molecule has 2 aromatic carbocycles. The summed E-state index contributed by atoms with van der Waals surface area (Å²) in [6, 6.07) is 14.3. The summed E-state index contributed by atoms with van der Waals surface area (Å²) >= 11 is 0. The summed E-state index contributed by atoms with van der Waals surface area (Å²) in [5.74, 6) is 1.77. The van der Waals surface area contributed by atoms with Gasteiger partial charge in [-0.25, -0.2) is 8.42 Å². The molecule has 0 amide bonds. The Morgan fingerprint density at radius 3 is 1.76 bits per heavy atom. The standard InChI is InChI=1S/C18H17NO5S/c1-22-14-8-4-12(5-9-14)16-17(24-18(19-16)25(3,20)21)13-6-10-15(23-2)11-7-13/h4-11H,1-3H3. The van der Waals surface area contributed by atoms with Gasteiger partial charge in [0.05, 0.1) is 14.2 Å². The first-order valence-electron chi connectivity index (χ1n) is 7.42. The van der Waals surface area contributed by atoms with Crippen molar-refractivity contribution in [3.8, 4) is 34.1 Å². The van der Waals surface area contributed by atoms with E-state index in [-0.39, 0.29) is 5.22 Å². The van der Waals surface area contributed by atoms with Crippen LogP contribution in [0, 0.1) is 0 Å². The molecule has 0 saturated carbocycles. The quantitative estimate of drug-likeness (QED) is 0.694. The summed E-state index contributed by atoms with van der Waals surface area (Å²) < 4.78 is 39.6. The van der Waals surface area contributed by atoms with Gasteiger partial charge in [0.1, 0.15) is 17.2 Å². The predicted octanol–water partition coefficient (Wildman–Crippen LogP) is 3.43. The number of sulfone groups is 1. The highest BCUT2D eigenvalue weighted by Gasteiger charge is 2.22. The van der Waals surface area contributed by atoms with E-state index < -0.39 is 9.84 Å². The summed E-state index contributed by atoms with van der Waals surface area (Å²) in [7, 11) is -0.417. The van der Waals surface area contributed by atoms with Crippen LogP contribution in [0.4, 0.5) is 0 Å². The van der Waals surface area contributed by atoms with Crippen LogP contribution in [-0.4, -0.2) is 33.9 Å². The van der Waals surface area contributed by atoms with E-state index in [0.29, 0.717) is 28.5 Å². The Bertz CT molecular complexity index is 908. The molecular formula is C18H17NO5S. The fourth-order valence-corrected chi connectivity index (χ4v) is 2.83. The Labute approximate surface area is 146 Å². The molecule has 3 aromatic rings. The molecule has 0 atom stereocenters. The summed E-state index contributed by atoms with van der Waals surface area (Å²) in [5.41, 5.74) is 1.88. The summed E-state index contributed by atoms with van der Waals surface area (Å²) in [4.78, 5) is 4.20. The van der Waals surface area contributed by atoms with Crippen molar-refractivity contribution in [3.05, 3.63) is 48.5 Å². The Hall–Kier alpha value is -2.80. The van der Waals surface area contributed by atoms with Crippen molar-refractivity contribution in [1.29, 1.82) is 0 Å². The summed E-state index contributed by atoms with van der Waals surface area (Å²) in [6.45, 7) is 0. The molecule has 25 heavy (non-hydrogen) atoms. The van der Waals surface area contributed by atoms with Crippen molar-refractivity contribution in [2.45, 2.75) is 5.22 Å². The maximum Gasteiger partial charge on any atom is 0.315 e. The minimum absolute atomic E-state index is 0.316. The highest BCUT2D eigenvalue weighted by Crippen LogP contribution is 2.35. The van der Waals surface area contributed by atoms with Gasteiger partial charge in [0.15, 0.2) is 5.76 Å². The molecule has 0 aliphatic heterocycles. The number of hydrogen-bond acceptors (Lipinski definition) is 6. The third-order valence-electron chi connectivity index (χ3n) is 3.64. The molecule has 0 radical (unpaired) electrons. The molecule has 0 aliphatic rings. The Morgan fingerprint density at radius 2 is 1.32 bits per heavy atom. The van der Waals surface area contributed by atoms with Gasteiger partial charge in [0.25, 0.3) is 0 Å². The Kier molecular flexibility index (Phi) is 4.50. The zero-order valence-electron chi connectivity index (χ0n) is 14.0. The van der Waals surface area contributed by atoms with E-state index in [9.17, 15) is 8.42 Å². The number of ether oxygens (including phenoxy) is 2. The highest BCUT2D eigenvalue weighted by molar-refractivity contribution is 7.90. The van der Waals surface area contributed by atoms with Gasteiger partial charge in [0, 0.05) is 17.4 Å². The molecule has 0 bridgehead atoms. The third-order valence-corrected chi connectivity index (χ3v) is 4.45. The van der Waals surface area contributed by atoms with Crippen LogP contribution in [0.2, 0.25) is 0 Å². The first kappa shape index (κ1) is 17.0. The van der Waals surface area contributed by atoms with Crippen LogP contribution in [0.1, 0.15) is 0 Å². The van der Waals surface area contributed by atoms with E-state index in [4.69, 9.17) is 13.9 Å². The van der Waals surface area contributed by atoms with Gasteiger partial charge in [-0.3, -0.25) is 0 Å². The molecule has 130 valence electrons. The van der Waals surface area contributed by atoms with Crippen LogP contribution in [0.3, 0.4) is 0 Å². The number of rotatable bonds is 5. The molecule has 0 aliphatic carbocycles. The van der Waals surface area contributed by atoms with E-state index in [1.807, 2.05) is 0 Å². The van der Waals surface area contributed by atoms with Gasteiger partial charge in [-0.05, 0) is 48.5 Å². The normalized spacial score (nSPS) is 11.3. The molecule has 1 heterocycles. The first-order valence-corrected chi connectivity index (χ1v) is 9.31. The number of oxazole rings is 1. The van der Waals surface area contributed by atoms with Gasteiger partial charge in [0.2, 0.25) is 9.84 Å². The lowest BCUT2D eigenvalue weighted by Gasteiger charge is -2.04. The molecule has 0 fully saturated rings.